The molecule has 37 heavy (non-hydrogen) atoms. The summed E-state index contributed by atoms with van der Waals surface area (Å²) < 4.78 is 72.1. The Labute approximate surface area is 215 Å². The highest BCUT2D eigenvalue weighted by Crippen LogP contribution is 2.37. The Morgan fingerprint density at radius 3 is 2.54 bits per heavy atom. The second kappa shape index (κ2) is 10.1. The van der Waals surface area contributed by atoms with Crippen LogP contribution >= 0.6 is 11.6 Å². The average molecular weight is 553 g/mol. The van der Waals surface area contributed by atoms with E-state index in [0.29, 0.717) is 18.2 Å². The van der Waals surface area contributed by atoms with Crippen LogP contribution in [-0.2, 0) is 32.2 Å². The number of benzene rings is 3. The number of nitrogens with one attached hydrogen (secondary N) is 1. The molecule has 7 nitrogen and oxygen atoms in total. The number of sulfonamides is 1. The molecule has 0 radical (unpaired) electrons. The van der Waals surface area contributed by atoms with Crippen molar-refractivity contribution >= 4 is 44.9 Å². The molecule has 1 N–H and O–H groups in total. The molecule has 3 aromatic carbocycles. The third-order valence-electron chi connectivity index (χ3n) is 5.66. The predicted molar refractivity (Wildman–Crippen MR) is 131 cm³/mol. The Balaban J connectivity index is 1.45. The Hall–Kier alpha value is -3.57. The summed E-state index contributed by atoms with van der Waals surface area (Å²) in [7, 11) is -4.01. The number of ether oxygens (including phenoxy) is 1. The second-order valence-electron chi connectivity index (χ2n) is 8.33. The molecule has 4 rings (SSSR count). The summed E-state index contributed by atoms with van der Waals surface area (Å²) in [4.78, 5) is 24.5. The van der Waals surface area contributed by atoms with E-state index < -0.39 is 45.3 Å². The van der Waals surface area contributed by atoms with Crippen molar-refractivity contribution in [2.45, 2.75) is 30.5 Å². The van der Waals surface area contributed by atoms with Crippen LogP contribution in [0.3, 0.4) is 0 Å². The fourth-order valence-electron chi connectivity index (χ4n) is 4.03. The van der Waals surface area contributed by atoms with Crippen molar-refractivity contribution in [1.82, 2.24) is 0 Å². The quantitative estimate of drug-likeness (QED) is 0.419. The van der Waals surface area contributed by atoms with Gasteiger partial charge in [0.05, 0.1) is 26.7 Å². The maximum Gasteiger partial charge on any atom is 0.417 e. The van der Waals surface area contributed by atoms with Gasteiger partial charge in [-0.15, -0.1) is 0 Å². The van der Waals surface area contributed by atoms with Crippen LogP contribution in [0.1, 0.15) is 28.4 Å². The number of hydrogen-bond acceptors (Lipinski definition) is 5. The fraction of sp³-hybridized carbons (Fsp3) is 0.200. The minimum atomic E-state index is -4.72. The van der Waals surface area contributed by atoms with Gasteiger partial charge in [-0.1, -0.05) is 35.9 Å². The van der Waals surface area contributed by atoms with Gasteiger partial charge in [0.2, 0.25) is 0 Å². The number of hydrogen-bond donors (Lipinski definition) is 1. The summed E-state index contributed by atoms with van der Waals surface area (Å²) in [5.41, 5.74) is 0.0291. The largest absolute Gasteiger partial charge is 0.452 e. The first kappa shape index (κ1) is 26.5. The maximum absolute atomic E-state index is 13.4. The number of para-hydroxylation sites is 1. The van der Waals surface area contributed by atoms with Crippen LogP contribution in [0.5, 0.6) is 0 Å². The van der Waals surface area contributed by atoms with E-state index in [1.54, 1.807) is 19.1 Å². The van der Waals surface area contributed by atoms with Crippen LogP contribution in [0.25, 0.3) is 0 Å². The smallest absolute Gasteiger partial charge is 0.417 e. The lowest BCUT2D eigenvalue weighted by atomic mass is 10.1. The lowest BCUT2D eigenvalue weighted by Crippen LogP contribution is -2.35. The fourth-order valence-corrected chi connectivity index (χ4v) is 6.00. The molecule has 3 aromatic rings. The molecule has 0 saturated carbocycles. The molecule has 1 aliphatic heterocycles. The monoisotopic (exact) mass is 552 g/mol. The molecule has 1 amide bonds. The van der Waals surface area contributed by atoms with Gasteiger partial charge in [0, 0.05) is 11.7 Å². The van der Waals surface area contributed by atoms with Crippen molar-refractivity contribution < 1.29 is 35.9 Å². The topological polar surface area (TPSA) is 92.8 Å². The highest BCUT2D eigenvalue weighted by Gasteiger charge is 2.36. The number of halogens is 4. The van der Waals surface area contributed by atoms with Gasteiger partial charge in [0.15, 0.2) is 6.61 Å². The van der Waals surface area contributed by atoms with Gasteiger partial charge in [-0.25, -0.2) is 13.2 Å². The number of carbonyl (C=O) groups excluding carboxylic acids is 2. The normalized spacial score (nSPS) is 15.3. The molecule has 0 fully saturated rings. The van der Waals surface area contributed by atoms with E-state index in [-0.39, 0.29) is 22.2 Å². The van der Waals surface area contributed by atoms with E-state index in [1.807, 2.05) is 12.1 Å². The molecule has 0 aromatic heterocycles. The van der Waals surface area contributed by atoms with Crippen LogP contribution in [0.2, 0.25) is 5.02 Å². The Morgan fingerprint density at radius 2 is 1.81 bits per heavy atom. The average Bonchev–Trinajstić information content (AvgIpc) is 3.19. The minimum Gasteiger partial charge on any atom is -0.452 e. The Bertz CT molecular complexity index is 1480. The first-order valence-corrected chi connectivity index (χ1v) is 12.8. The molecule has 0 spiro atoms. The standard InChI is InChI=1S/C25H20ClF3N2O5S/c1-15-11-16-5-2-3-8-22(16)31(15)37(34,35)19-7-4-6-17(12-19)24(33)36-14-23(32)30-18-9-10-21(26)20(13-18)25(27,28)29/h2-10,12-13,15H,11,14H2,1H3,(H,30,32)/t15-/m0/s1. The number of nitrogens with zero attached hydrogens (tertiary/aromatic N) is 1. The second-order valence-corrected chi connectivity index (χ2v) is 10.5. The van der Waals surface area contributed by atoms with Crippen LogP contribution in [0.15, 0.2) is 71.6 Å². The molecular formula is C25H20ClF3N2O5S. The van der Waals surface area contributed by atoms with Gasteiger partial charge in [0.1, 0.15) is 0 Å². The number of amides is 1. The number of fused-ring (bicyclic) bond motifs is 1. The number of anilines is 2. The summed E-state index contributed by atoms with van der Waals surface area (Å²) in [6, 6.07) is 14.8. The minimum absolute atomic E-state index is 0.111. The third-order valence-corrected chi connectivity index (χ3v) is 7.91. The van der Waals surface area contributed by atoms with Crippen molar-refractivity contribution in [3.05, 3.63) is 88.4 Å². The van der Waals surface area contributed by atoms with E-state index in [2.05, 4.69) is 5.32 Å². The zero-order chi connectivity index (χ0) is 27.0. The van der Waals surface area contributed by atoms with Gasteiger partial charge in [0.25, 0.3) is 15.9 Å². The van der Waals surface area contributed by atoms with Crippen LogP contribution in [0.4, 0.5) is 24.5 Å². The number of rotatable bonds is 6. The van der Waals surface area contributed by atoms with Gasteiger partial charge in [-0.3, -0.25) is 9.10 Å². The van der Waals surface area contributed by atoms with Gasteiger partial charge in [-0.05, 0) is 61.4 Å². The third kappa shape index (κ3) is 5.57. The molecule has 12 heteroatoms. The molecule has 0 aliphatic carbocycles. The zero-order valence-corrected chi connectivity index (χ0v) is 20.8. The highest BCUT2D eigenvalue weighted by molar-refractivity contribution is 7.92. The summed E-state index contributed by atoms with van der Waals surface area (Å²) in [5.74, 6) is -1.87. The van der Waals surface area contributed by atoms with Crippen molar-refractivity contribution in [3.63, 3.8) is 0 Å². The summed E-state index contributed by atoms with van der Waals surface area (Å²) >= 11 is 5.56. The van der Waals surface area contributed by atoms with E-state index in [1.165, 1.54) is 28.6 Å². The summed E-state index contributed by atoms with van der Waals surface area (Å²) in [5, 5.41) is 1.67. The Kier molecular flexibility index (Phi) is 7.20. The molecule has 194 valence electrons. The van der Waals surface area contributed by atoms with Gasteiger partial charge in [-0.2, -0.15) is 13.2 Å². The van der Waals surface area contributed by atoms with Crippen LogP contribution < -0.4 is 9.62 Å². The first-order valence-electron chi connectivity index (χ1n) is 10.9. The molecule has 1 heterocycles. The van der Waals surface area contributed by atoms with Crippen LogP contribution in [0, 0.1) is 0 Å². The van der Waals surface area contributed by atoms with E-state index >= 15 is 0 Å². The van der Waals surface area contributed by atoms with Crippen LogP contribution in [-0.4, -0.2) is 32.9 Å². The van der Waals surface area contributed by atoms with E-state index in [4.69, 9.17) is 16.3 Å². The summed E-state index contributed by atoms with van der Waals surface area (Å²) in [6.07, 6.45) is -4.17. The Morgan fingerprint density at radius 1 is 1.08 bits per heavy atom. The van der Waals surface area contributed by atoms with Crippen molar-refractivity contribution in [2.24, 2.45) is 0 Å². The number of alkyl halides is 3. The lowest BCUT2D eigenvalue weighted by molar-refractivity contribution is -0.137. The molecule has 1 atom stereocenters. The zero-order valence-electron chi connectivity index (χ0n) is 19.3. The molecular weight excluding hydrogens is 533 g/mol. The maximum atomic E-state index is 13.4. The first-order chi connectivity index (χ1) is 17.4. The SMILES string of the molecule is C[C@H]1Cc2ccccc2N1S(=O)(=O)c1cccc(C(=O)OCC(=O)Nc2ccc(Cl)c(C(F)(F)F)c2)c1. The number of carbonyl (C=O) groups is 2. The summed E-state index contributed by atoms with van der Waals surface area (Å²) in [6.45, 7) is 0.975. The number of esters is 1. The van der Waals surface area contributed by atoms with Gasteiger partial charge >= 0.3 is 12.1 Å². The molecule has 1 aliphatic rings. The molecule has 0 bridgehead atoms. The lowest BCUT2D eigenvalue weighted by Gasteiger charge is -2.24. The predicted octanol–water partition coefficient (Wildman–Crippen LogP) is 5.29. The van der Waals surface area contributed by atoms with E-state index in [0.717, 1.165) is 17.7 Å². The van der Waals surface area contributed by atoms with Gasteiger partial charge < -0.3 is 10.1 Å². The highest BCUT2D eigenvalue weighted by atomic mass is 35.5. The van der Waals surface area contributed by atoms with Crippen molar-refractivity contribution in [3.8, 4) is 0 Å². The van der Waals surface area contributed by atoms with Crippen molar-refractivity contribution in [2.75, 3.05) is 16.2 Å². The van der Waals surface area contributed by atoms with E-state index in [9.17, 15) is 31.2 Å². The van der Waals surface area contributed by atoms with Crippen molar-refractivity contribution in [1.29, 1.82) is 0 Å². The molecule has 0 saturated heterocycles. The molecule has 0 unspecified atom stereocenters.